The molecule has 14 heterocycles. The molecule has 88 heteroatoms. The Kier molecular flexibility index (Phi) is 33.4. The van der Waals surface area contributed by atoms with Crippen molar-refractivity contribution < 1.29 is 314 Å². The minimum Gasteiger partial charge on any atom is -0.247 e. The highest BCUT2D eigenvalue weighted by atomic mass is 32.3. The van der Waals surface area contributed by atoms with Gasteiger partial charge in [0.25, 0.3) is 0 Å². The summed E-state index contributed by atoms with van der Waals surface area (Å²) in [6.45, 7) is 3.60. The van der Waals surface area contributed by atoms with Gasteiger partial charge in [-0.3, -0.25) is 0 Å². The summed E-state index contributed by atoms with van der Waals surface area (Å²) in [6.07, 6.45) is -65.9. The van der Waals surface area contributed by atoms with Gasteiger partial charge in [0.15, 0.2) is 17.6 Å². The fourth-order valence-electron chi connectivity index (χ4n) is 14.7. The molecule has 143 heavy (non-hydrogen) atoms. The molecule has 2 aromatic rings. The molecule has 14 unspecified atom stereocenters. The molecule has 0 bridgehead atoms. The summed E-state index contributed by atoms with van der Waals surface area (Å²) in [6, 6.07) is 17.2. The molecular weight excluding hydrogens is 2350 g/mol. The predicted octanol–water partition coefficient (Wildman–Crippen LogP) is 1.12. The molecule has 0 aromatic heterocycles. The average molecular weight is 2410 g/mol. The molecule has 14 saturated heterocycles. The molecule has 0 amide bonds. The molecule has 0 radical (unpaired) electrons. The number of rotatable bonds is 2. The zero-order valence-electron chi connectivity index (χ0n) is 69.8. The highest BCUT2D eigenvalue weighted by molar-refractivity contribution is 7.85. The van der Waals surface area contributed by atoms with E-state index < -0.39 is 320 Å². The van der Waals surface area contributed by atoms with Crippen LogP contribution in [0, 0.1) is 37.9 Å². The number of alkyl halides is 18. The summed E-state index contributed by atoms with van der Waals surface area (Å²) < 4.78 is 664. The van der Waals surface area contributed by atoms with Crippen LogP contribution in [0.2, 0.25) is 0 Å². The molecule has 2 aromatic carbocycles. The monoisotopic (exact) mass is 2410 g/mol. The molecular formula is C55H62F18O56S14. The maximum Gasteiger partial charge on any atom is 0.417 e. The maximum atomic E-state index is 13.5. The van der Waals surface area contributed by atoms with E-state index >= 15 is 0 Å². The molecule has 14 aliphatic heterocycles. The van der Waals surface area contributed by atoms with Crippen LogP contribution >= 0.6 is 0 Å². The van der Waals surface area contributed by atoms with E-state index in [0.717, 1.165) is 0 Å². The molecule has 14 aliphatic rings. The molecule has 0 aliphatic carbocycles. The lowest BCUT2D eigenvalue weighted by Gasteiger charge is -2.52. The van der Waals surface area contributed by atoms with E-state index in [1.54, 1.807) is 60.7 Å². The summed E-state index contributed by atoms with van der Waals surface area (Å²) in [5.74, 6) is 0. The van der Waals surface area contributed by atoms with Gasteiger partial charge in [-0.25, -0.2) is 118 Å². The van der Waals surface area contributed by atoms with E-state index in [1.807, 2.05) is 0 Å². The van der Waals surface area contributed by atoms with Crippen LogP contribution in [0.15, 0.2) is 60.7 Å². The Morgan fingerprint density at radius 1 is 0.238 bits per heavy atom. The highest BCUT2D eigenvalue weighted by Gasteiger charge is 3.00. The summed E-state index contributed by atoms with van der Waals surface area (Å²) in [4.78, 5) is 0. The molecule has 0 saturated carbocycles. The third kappa shape index (κ3) is 25.3. The zero-order valence-corrected chi connectivity index (χ0v) is 81.2. The fourth-order valence-corrected chi connectivity index (χ4v) is 27.5. The quantitative estimate of drug-likeness (QED) is 0.380. The van der Waals surface area contributed by atoms with Crippen molar-refractivity contribution in [1.29, 1.82) is 0 Å². The number of hydrogen-bond acceptors (Lipinski definition) is 56. The second kappa shape index (κ2) is 39.8. The molecule has 16 rings (SSSR count). The number of benzene rings is 2. The van der Waals surface area contributed by atoms with Gasteiger partial charge in [0.1, 0.15) is 12.2 Å². The molecule has 14 fully saturated rings. The SMILES string of the molecule is CC1OS(=O)(=O)OC(C)C12C(C)OS(=O)(=O)OC2C.CC1OS(=O)(=O)OCC12COS(=O)(=O)OC2C.O=S1(=O)OC(F)(F)C2(C(F)(F)O1)C(F)(F)OS(=O)(=O)OC2(F)F.O=S1(=O)OC(F)C2(C(F)O1)C(F)OS(=O)(=O)OC2F.O=S1(=O)OCC2(CO1)COS(=O)(=O)OC2.O=S1(=O)OCC2(COS(=O)(=O)OC2C(F)(F)F)C(C(F)(F)F)O1.O=S1(=O)OCC2(COS(=O)(=O)OC2c2ccccc2)C(c2ccccc2)O1. The Bertz CT molecular complexity index is 6140. The van der Waals surface area contributed by atoms with Crippen molar-refractivity contribution in [1.82, 2.24) is 0 Å². The molecule has 7 spiro atoms. The van der Waals surface area contributed by atoms with Gasteiger partial charge in [-0.2, -0.15) is 196 Å². The van der Waals surface area contributed by atoms with Crippen molar-refractivity contribution in [3.63, 3.8) is 0 Å². The lowest BCUT2D eigenvalue weighted by Crippen LogP contribution is -2.79. The summed E-state index contributed by atoms with van der Waals surface area (Å²) in [7, 11) is -66.3. The fraction of sp³-hybridized carbons (Fsp3) is 0.782. The lowest BCUT2D eigenvalue weighted by atomic mass is 9.69. The van der Waals surface area contributed by atoms with Crippen molar-refractivity contribution in [2.75, 3.05) is 66.1 Å². The van der Waals surface area contributed by atoms with Crippen molar-refractivity contribution in [2.24, 2.45) is 37.9 Å². The molecule has 828 valence electrons. The zero-order chi connectivity index (χ0) is 109. The van der Waals surface area contributed by atoms with E-state index in [9.17, 15) is 197 Å². The summed E-state index contributed by atoms with van der Waals surface area (Å²) in [5.41, 5.74) is -16.7. The van der Waals surface area contributed by atoms with Crippen LogP contribution < -0.4 is 0 Å². The average Bonchev–Trinajstić information content (AvgIpc) is 0.656. The third-order valence-electron chi connectivity index (χ3n) is 21.6. The van der Waals surface area contributed by atoms with Gasteiger partial charge in [-0.1, -0.05) is 60.7 Å². The first-order valence-electron chi connectivity index (χ1n) is 36.9. The van der Waals surface area contributed by atoms with Crippen molar-refractivity contribution in [2.45, 2.75) is 165 Å². The van der Waals surface area contributed by atoms with Crippen LogP contribution in [0.1, 0.15) is 64.9 Å². The molecule has 0 N–H and O–H groups in total. The van der Waals surface area contributed by atoms with Crippen molar-refractivity contribution in [3.05, 3.63) is 71.8 Å². The largest absolute Gasteiger partial charge is 0.417 e. The summed E-state index contributed by atoms with van der Waals surface area (Å²) >= 11 is 0. The highest BCUT2D eigenvalue weighted by Crippen LogP contribution is 2.71. The second-order valence-electron chi connectivity index (χ2n) is 30.6. The number of halogens is 18. The van der Waals surface area contributed by atoms with Crippen molar-refractivity contribution in [3.8, 4) is 0 Å². The van der Waals surface area contributed by atoms with E-state index in [2.05, 4.69) is 75.3 Å². The minimum absolute atomic E-state index is 0.217. The van der Waals surface area contributed by atoms with E-state index in [0.29, 0.717) is 11.1 Å². The normalized spacial score (nSPS) is 39.5. The van der Waals surface area contributed by atoms with Crippen LogP contribution in [-0.2, 0) is 263 Å². The standard InChI is InChI=1S/C17H16O8S2.C9H16O8S2.C7H6F6O8S2.C7H12O8S2.C5F8O8S2.C5H4F4O8S2.C5H8O8S2/c18-26(19)22-11-17(15(24-26)13-7-3-1-4-8-13)12-23-27(20,21)25-16(17)14-9-5-2-6-10-14;1-5-9(6(2)15-18(10,11)14-5)7(3)16-19(12,13)17-8(9)4;8-6(9,10)3-5(1-18-22(14,15)20-3)2-19-23(16,17)21-4(5)7(11,12)13;1-5-7(3-12-16(8,9)14-5)4-13-17(10,11)15-6(7)2;6-2(7)1(3(8,9)19-22(14,15)18-2)4(10,11)20-23(16,17)21-5(1,12)13;6-1-5(2(7)15-18(10,11)14-1)3(8)16-19(12,13)17-4(5)9;6-14(7)10-1-5(2-11-14)3-12-15(8,9)13-4-5/h1-10,15-16H,11-12H2;5-8H,1-4H3;3-4H,1-2H2;5-6H,3-4H2,1-2H3;;1-4H;1-4H2. The van der Waals surface area contributed by atoms with Gasteiger partial charge in [0.2, 0.25) is 25.4 Å². The van der Waals surface area contributed by atoms with E-state index in [4.69, 9.17) is 41.8 Å². The van der Waals surface area contributed by atoms with Crippen LogP contribution in [0.4, 0.5) is 79.0 Å². The Morgan fingerprint density at radius 3 is 0.692 bits per heavy atom. The maximum absolute atomic E-state index is 13.5. The van der Waals surface area contributed by atoms with Crippen LogP contribution in [0.3, 0.4) is 0 Å². The van der Waals surface area contributed by atoms with Crippen LogP contribution in [-0.4, -0.2) is 295 Å². The Labute approximate surface area is 795 Å². The van der Waals surface area contributed by atoms with Gasteiger partial charge in [-0.05, 0) is 52.7 Å². The van der Waals surface area contributed by atoms with Gasteiger partial charge in [0, 0.05) is 0 Å². The lowest BCUT2D eigenvalue weighted by molar-refractivity contribution is -0.548. The predicted molar refractivity (Wildman–Crippen MR) is 395 cm³/mol. The Hall–Kier alpha value is -4.64. The van der Waals surface area contributed by atoms with Gasteiger partial charge in [-0.15, -0.1) is 0 Å². The van der Waals surface area contributed by atoms with Gasteiger partial charge < -0.3 is 0 Å². The molecule has 56 nitrogen and oxygen atoms in total. The summed E-state index contributed by atoms with van der Waals surface area (Å²) in [5, 5.41) is 0. The van der Waals surface area contributed by atoms with E-state index in [1.165, 1.54) is 41.5 Å². The van der Waals surface area contributed by atoms with Crippen LogP contribution in [0.5, 0.6) is 0 Å². The van der Waals surface area contributed by atoms with Crippen molar-refractivity contribution >= 4 is 146 Å². The first-order valence-corrected chi connectivity index (χ1v) is 55.5. The first-order chi connectivity index (χ1) is 64.3. The van der Waals surface area contributed by atoms with Crippen LogP contribution in [0.25, 0.3) is 0 Å². The van der Waals surface area contributed by atoms with E-state index in [-0.39, 0.29) is 52.9 Å². The third-order valence-corrected chi connectivity index (χ3v) is 33.8. The van der Waals surface area contributed by atoms with Gasteiger partial charge in [0.05, 0.1) is 130 Å². The smallest absolute Gasteiger partial charge is 0.247 e. The molecule has 14 atom stereocenters. The Morgan fingerprint density at radius 2 is 0.448 bits per heavy atom. The number of hydrogen-bond donors (Lipinski definition) is 0. The van der Waals surface area contributed by atoms with Gasteiger partial charge >= 0.3 is 188 Å². The first kappa shape index (κ1) is 120. The minimum atomic E-state index is -6.63. The topological polar surface area (TPSA) is 736 Å². The second-order valence-corrected chi connectivity index (χ2v) is 47.7. The Balaban J connectivity index is 0.000000173.